The van der Waals surface area contributed by atoms with Gasteiger partial charge >= 0.3 is 0 Å². The Labute approximate surface area is 64.5 Å². The number of nitrogens with zero attached hydrogens (tertiary/aromatic N) is 4. The fourth-order valence-electron chi connectivity index (χ4n) is 1.42. The summed E-state index contributed by atoms with van der Waals surface area (Å²) in [6.07, 6.45) is 3.68. The maximum atomic E-state index is 8.73. The molecular weight excluding hydrogens is 140 g/mol. The highest BCUT2D eigenvalue weighted by atomic mass is 15.3. The van der Waals surface area contributed by atoms with Crippen molar-refractivity contribution in [3.63, 3.8) is 0 Å². The van der Waals surface area contributed by atoms with E-state index in [2.05, 4.69) is 16.3 Å². The summed E-state index contributed by atoms with van der Waals surface area (Å²) in [6, 6.07) is 2.22. The van der Waals surface area contributed by atoms with Crippen molar-refractivity contribution >= 4 is 0 Å². The zero-order valence-corrected chi connectivity index (χ0v) is 6.06. The second-order valence-corrected chi connectivity index (χ2v) is 2.71. The SMILES string of the molecule is N#C[C@@H]1CCCn2cnnc21. The molecule has 11 heavy (non-hydrogen) atoms. The zero-order valence-electron chi connectivity index (χ0n) is 6.06. The maximum Gasteiger partial charge on any atom is 0.150 e. The van der Waals surface area contributed by atoms with Gasteiger partial charge in [-0.15, -0.1) is 10.2 Å². The zero-order chi connectivity index (χ0) is 7.68. The molecule has 2 rings (SSSR count). The Kier molecular flexibility index (Phi) is 1.35. The van der Waals surface area contributed by atoms with Crippen LogP contribution in [0.5, 0.6) is 0 Å². The van der Waals surface area contributed by atoms with Crippen LogP contribution in [0.2, 0.25) is 0 Å². The summed E-state index contributed by atoms with van der Waals surface area (Å²) in [6.45, 7) is 0.959. The van der Waals surface area contributed by atoms with Crippen molar-refractivity contribution < 1.29 is 0 Å². The fourth-order valence-corrected chi connectivity index (χ4v) is 1.42. The summed E-state index contributed by atoms with van der Waals surface area (Å²) >= 11 is 0. The molecule has 0 saturated heterocycles. The summed E-state index contributed by atoms with van der Waals surface area (Å²) in [4.78, 5) is 0. The van der Waals surface area contributed by atoms with E-state index in [0.717, 1.165) is 25.2 Å². The van der Waals surface area contributed by atoms with Gasteiger partial charge in [0, 0.05) is 6.54 Å². The fraction of sp³-hybridized carbons (Fsp3) is 0.571. The number of nitriles is 1. The highest BCUT2D eigenvalue weighted by Gasteiger charge is 2.21. The van der Waals surface area contributed by atoms with Gasteiger partial charge in [0.2, 0.25) is 0 Å². The van der Waals surface area contributed by atoms with Crippen LogP contribution in [0.25, 0.3) is 0 Å². The monoisotopic (exact) mass is 148 g/mol. The lowest BCUT2D eigenvalue weighted by Gasteiger charge is -2.15. The minimum atomic E-state index is -0.0359. The maximum absolute atomic E-state index is 8.73. The van der Waals surface area contributed by atoms with Crippen molar-refractivity contribution in [3.8, 4) is 6.07 Å². The normalized spacial score (nSPS) is 22.3. The summed E-state index contributed by atoms with van der Waals surface area (Å²) < 4.78 is 1.96. The Morgan fingerprint density at radius 2 is 2.64 bits per heavy atom. The number of aryl methyl sites for hydroxylation is 1. The summed E-state index contributed by atoms with van der Waals surface area (Å²) in [5.74, 6) is 0.796. The van der Waals surface area contributed by atoms with Crippen molar-refractivity contribution in [2.45, 2.75) is 25.3 Å². The average Bonchev–Trinajstić information content (AvgIpc) is 2.50. The highest BCUT2D eigenvalue weighted by molar-refractivity contribution is 5.09. The lowest BCUT2D eigenvalue weighted by atomic mass is 10.0. The number of rotatable bonds is 0. The first kappa shape index (κ1) is 6.35. The van der Waals surface area contributed by atoms with Gasteiger partial charge in [0.25, 0.3) is 0 Å². The first-order valence-electron chi connectivity index (χ1n) is 3.69. The molecule has 0 N–H and O–H groups in total. The lowest BCUT2D eigenvalue weighted by Crippen LogP contribution is -2.14. The van der Waals surface area contributed by atoms with E-state index in [-0.39, 0.29) is 5.92 Å². The first-order chi connectivity index (χ1) is 5.42. The van der Waals surface area contributed by atoms with E-state index in [1.54, 1.807) is 6.33 Å². The van der Waals surface area contributed by atoms with E-state index in [1.165, 1.54) is 0 Å². The summed E-state index contributed by atoms with van der Waals surface area (Å²) in [7, 11) is 0. The molecule has 0 fully saturated rings. The van der Waals surface area contributed by atoms with Gasteiger partial charge < -0.3 is 4.57 Å². The van der Waals surface area contributed by atoms with Gasteiger partial charge in [0.05, 0.1) is 6.07 Å². The molecule has 56 valence electrons. The van der Waals surface area contributed by atoms with Crippen LogP contribution in [0.1, 0.15) is 24.6 Å². The average molecular weight is 148 g/mol. The van der Waals surface area contributed by atoms with Crippen LogP contribution in [-0.4, -0.2) is 14.8 Å². The van der Waals surface area contributed by atoms with Crippen LogP contribution < -0.4 is 0 Å². The van der Waals surface area contributed by atoms with E-state index < -0.39 is 0 Å². The molecule has 0 bridgehead atoms. The van der Waals surface area contributed by atoms with Crippen LogP contribution in [0, 0.1) is 11.3 Å². The molecule has 1 atom stereocenters. The van der Waals surface area contributed by atoms with Crippen molar-refractivity contribution in [2.75, 3.05) is 0 Å². The Morgan fingerprint density at radius 3 is 3.45 bits per heavy atom. The summed E-state index contributed by atoms with van der Waals surface area (Å²) in [5.41, 5.74) is 0. The van der Waals surface area contributed by atoms with Crippen LogP contribution in [0.3, 0.4) is 0 Å². The van der Waals surface area contributed by atoms with Crippen LogP contribution in [-0.2, 0) is 6.54 Å². The van der Waals surface area contributed by atoms with E-state index in [4.69, 9.17) is 5.26 Å². The predicted molar refractivity (Wildman–Crippen MR) is 37.6 cm³/mol. The smallest absolute Gasteiger partial charge is 0.150 e. The molecule has 0 radical (unpaired) electrons. The van der Waals surface area contributed by atoms with Crippen molar-refractivity contribution in [1.82, 2.24) is 14.8 Å². The Morgan fingerprint density at radius 1 is 1.73 bits per heavy atom. The molecule has 0 saturated carbocycles. The van der Waals surface area contributed by atoms with Crippen molar-refractivity contribution in [3.05, 3.63) is 12.2 Å². The summed E-state index contributed by atoms with van der Waals surface area (Å²) in [5, 5.41) is 16.4. The van der Waals surface area contributed by atoms with Crippen molar-refractivity contribution in [1.29, 1.82) is 5.26 Å². The lowest BCUT2D eigenvalue weighted by molar-refractivity contribution is 0.492. The molecule has 0 amide bonds. The molecule has 0 aromatic carbocycles. The third-order valence-corrected chi connectivity index (χ3v) is 2.00. The second-order valence-electron chi connectivity index (χ2n) is 2.71. The molecule has 1 aromatic rings. The Balaban J connectivity index is 2.41. The van der Waals surface area contributed by atoms with E-state index in [0.29, 0.717) is 0 Å². The molecule has 2 heterocycles. The third kappa shape index (κ3) is 0.891. The minimum absolute atomic E-state index is 0.0359. The number of hydrogen-bond donors (Lipinski definition) is 0. The van der Waals surface area contributed by atoms with E-state index in [9.17, 15) is 0 Å². The highest BCUT2D eigenvalue weighted by Crippen LogP contribution is 2.23. The van der Waals surface area contributed by atoms with Crippen LogP contribution in [0.4, 0.5) is 0 Å². The van der Waals surface area contributed by atoms with Gasteiger partial charge in [0.15, 0.2) is 0 Å². The minimum Gasteiger partial charge on any atom is -0.316 e. The van der Waals surface area contributed by atoms with Crippen LogP contribution >= 0.6 is 0 Å². The quantitative estimate of drug-likeness (QED) is 0.543. The number of fused-ring (bicyclic) bond motifs is 1. The van der Waals surface area contributed by atoms with E-state index in [1.807, 2.05) is 4.57 Å². The topological polar surface area (TPSA) is 54.5 Å². The molecular formula is C7H8N4. The molecule has 4 heteroatoms. The van der Waals surface area contributed by atoms with Gasteiger partial charge in [-0.1, -0.05) is 0 Å². The molecule has 4 nitrogen and oxygen atoms in total. The standard InChI is InChI=1S/C7H8N4/c8-4-6-2-1-3-11-5-9-10-7(6)11/h5-6H,1-3H2/t6-/m0/s1. The molecule has 0 aliphatic carbocycles. The van der Waals surface area contributed by atoms with Crippen molar-refractivity contribution in [2.24, 2.45) is 0 Å². The van der Waals surface area contributed by atoms with Gasteiger partial charge in [-0.3, -0.25) is 0 Å². The van der Waals surface area contributed by atoms with Gasteiger partial charge in [-0.05, 0) is 12.8 Å². The second kappa shape index (κ2) is 2.35. The molecule has 0 spiro atoms. The van der Waals surface area contributed by atoms with E-state index >= 15 is 0 Å². The van der Waals surface area contributed by atoms with Crippen LogP contribution in [0.15, 0.2) is 6.33 Å². The first-order valence-corrected chi connectivity index (χ1v) is 3.69. The largest absolute Gasteiger partial charge is 0.316 e. The predicted octanol–water partition coefficient (Wildman–Crippen LogP) is 0.679. The third-order valence-electron chi connectivity index (χ3n) is 2.00. The molecule has 1 aliphatic rings. The molecule has 0 unspecified atom stereocenters. The molecule has 1 aliphatic heterocycles. The van der Waals surface area contributed by atoms with Gasteiger partial charge in [-0.2, -0.15) is 5.26 Å². The Hall–Kier alpha value is -1.37. The Bertz CT molecular complexity index is 296. The number of hydrogen-bond acceptors (Lipinski definition) is 3. The molecule has 1 aromatic heterocycles. The van der Waals surface area contributed by atoms with Gasteiger partial charge in [0.1, 0.15) is 18.1 Å². The number of aromatic nitrogens is 3. The van der Waals surface area contributed by atoms with Gasteiger partial charge in [-0.25, -0.2) is 0 Å².